The molecule has 0 saturated carbocycles. The molecule has 10 heavy (non-hydrogen) atoms. The van der Waals surface area contributed by atoms with Crippen LogP contribution < -0.4 is 0 Å². The zero-order chi connectivity index (χ0) is 7.98. The van der Waals surface area contributed by atoms with Crippen LogP contribution in [0, 0.1) is 0 Å². The molecule has 0 spiro atoms. The van der Waals surface area contributed by atoms with Gasteiger partial charge in [-0.15, -0.1) is 0 Å². The van der Waals surface area contributed by atoms with Gasteiger partial charge in [-0.1, -0.05) is 18.8 Å². The third-order valence-electron chi connectivity index (χ3n) is 1.43. The summed E-state index contributed by atoms with van der Waals surface area (Å²) < 4.78 is 0. The molecular weight excluding hydrogens is 138 g/mol. The molecule has 0 heterocycles. The lowest BCUT2D eigenvalue weighted by molar-refractivity contribution is 0.419. The summed E-state index contributed by atoms with van der Waals surface area (Å²) in [5, 5.41) is 0. The Morgan fingerprint density at radius 3 is 2.00 bits per heavy atom. The maximum atomic E-state index is 2.33. The molecule has 0 aromatic rings. The van der Waals surface area contributed by atoms with Crippen molar-refractivity contribution in [3.63, 3.8) is 0 Å². The highest BCUT2D eigenvalue weighted by atomic mass is 28.3. The fraction of sp³-hybridized carbons (Fsp3) is 0.750. The van der Waals surface area contributed by atoms with Gasteiger partial charge >= 0.3 is 0 Å². The van der Waals surface area contributed by atoms with Gasteiger partial charge in [-0.05, 0) is 20.0 Å². The standard InChI is InChI=1S/C8H18NSi/c1-5-9(6-2)7-8-10(3)4/h7-8H,5-6H2,1-4H3. The molecule has 0 rings (SSSR count). The summed E-state index contributed by atoms with van der Waals surface area (Å²) in [5.74, 6) is 0. The number of hydrogen-bond donors (Lipinski definition) is 0. The third kappa shape index (κ3) is 4.62. The lowest BCUT2D eigenvalue weighted by Crippen LogP contribution is -2.16. The SMILES string of the molecule is CCN(C=C[Si](C)C)CC. The summed E-state index contributed by atoms with van der Waals surface area (Å²) in [5.41, 5.74) is 2.33. The van der Waals surface area contributed by atoms with Crippen LogP contribution in [0.2, 0.25) is 13.1 Å². The Kier molecular flexibility index (Phi) is 5.40. The second kappa shape index (κ2) is 5.53. The smallest absolute Gasteiger partial charge is 0.0712 e. The van der Waals surface area contributed by atoms with E-state index in [1.165, 1.54) is 0 Å². The molecule has 0 fully saturated rings. The Labute approximate surface area is 66.3 Å². The Hall–Kier alpha value is -0.243. The van der Waals surface area contributed by atoms with Crippen molar-refractivity contribution < 1.29 is 0 Å². The van der Waals surface area contributed by atoms with Gasteiger partial charge in [0.25, 0.3) is 0 Å². The molecular formula is C8H18NSi. The summed E-state index contributed by atoms with van der Waals surface area (Å²) >= 11 is 0. The molecule has 1 radical (unpaired) electrons. The molecule has 2 heteroatoms. The fourth-order valence-corrected chi connectivity index (χ4v) is 1.20. The molecule has 0 N–H and O–H groups in total. The van der Waals surface area contributed by atoms with Crippen molar-refractivity contribution in [3.05, 3.63) is 11.9 Å². The molecule has 0 aliphatic heterocycles. The largest absolute Gasteiger partial charge is 0.379 e. The lowest BCUT2D eigenvalue weighted by Gasteiger charge is -2.14. The zero-order valence-corrected chi connectivity index (χ0v) is 8.52. The minimum Gasteiger partial charge on any atom is -0.379 e. The normalized spacial score (nSPS) is 11.3. The van der Waals surface area contributed by atoms with Crippen LogP contribution in [-0.2, 0) is 0 Å². The molecule has 0 aromatic carbocycles. The van der Waals surface area contributed by atoms with Gasteiger partial charge in [-0.3, -0.25) is 0 Å². The Bertz CT molecular complexity index is 95.4. The fourth-order valence-electron chi connectivity index (χ4n) is 0.689. The number of hydrogen-bond acceptors (Lipinski definition) is 1. The first kappa shape index (κ1) is 9.76. The monoisotopic (exact) mass is 156 g/mol. The van der Waals surface area contributed by atoms with Crippen molar-refractivity contribution in [2.45, 2.75) is 26.9 Å². The summed E-state index contributed by atoms with van der Waals surface area (Å²) in [7, 11) is -0.172. The average molecular weight is 156 g/mol. The van der Waals surface area contributed by atoms with E-state index in [9.17, 15) is 0 Å². The van der Waals surface area contributed by atoms with Crippen LogP contribution in [0.25, 0.3) is 0 Å². The Morgan fingerprint density at radius 2 is 1.70 bits per heavy atom. The number of rotatable bonds is 4. The van der Waals surface area contributed by atoms with Gasteiger partial charge in [0, 0.05) is 13.1 Å². The van der Waals surface area contributed by atoms with E-state index < -0.39 is 0 Å². The second-order valence-corrected chi connectivity index (χ2v) is 5.10. The predicted molar refractivity (Wildman–Crippen MR) is 49.5 cm³/mol. The molecule has 0 saturated heterocycles. The van der Waals surface area contributed by atoms with E-state index in [1.807, 2.05) is 0 Å². The molecule has 59 valence electrons. The van der Waals surface area contributed by atoms with Gasteiger partial charge in [-0.25, -0.2) is 0 Å². The summed E-state index contributed by atoms with van der Waals surface area (Å²) in [6.45, 7) is 11.2. The molecule has 1 nitrogen and oxygen atoms in total. The predicted octanol–water partition coefficient (Wildman–Crippen LogP) is 2.14. The van der Waals surface area contributed by atoms with Crippen LogP contribution in [0.1, 0.15) is 13.8 Å². The van der Waals surface area contributed by atoms with E-state index in [2.05, 4.69) is 43.7 Å². The zero-order valence-electron chi connectivity index (χ0n) is 7.52. The van der Waals surface area contributed by atoms with Crippen LogP contribution in [0.15, 0.2) is 11.9 Å². The Balaban J connectivity index is 3.61. The molecule has 0 bridgehead atoms. The van der Waals surface area contributed by atoms with Crippen LogP contribution in [0.3, 0.4) is 0 Å². The van der Waals surface area contributed by atoms with Crippen LogP contribution in [-0.4, -0.2) is 26.8 Å². The summed E-state index contributed by atoms with van der Waals surface area (Å²) in [6.07, 6.45) is 2.23. The highest BCUT2D eigenvalue weighted by Gasteiger charge is 1.90. The minimum atomic E-state index is -0.172. The molecule has 0 aromatic heterocycles. The van der Waals surface area contributed by atoms with Crippen molar-refractivity contribution in [2.24, 2.45) is 0 Å². The molecule has 0 aliphatic carbocycles. The van der Waals surface area contributed by atoms with Gasteiger partial charge in [-0.2, -0.15) is 0 Å². The van der Waals surface area contributed by atoms with Crippen molar-refractivity contribution in [2.75, 3.05) is 13.1 Å². The molecule has 0 amide bonds. The van der Waals surface area contributed by atoms with Crippen LogP contribution >= 0.6 is 0 Å². The summed E-state index contributed by atoms with van der Waals surface area (Å²) in [4.78, 5) is 2.32. The maximum Gasteiger partial charge on any atom is 0.0712 e. The van der Waals surface area contributed by atoms with E-state index in [1.54, 1.807) is 0 Å². The van der Waals surface area contributed by atoms with E-state index in [-0.39, 0.29) is 8.80 Å². The first-order valence-corrected chi connectivity index (χ1v) is 6.50. The molecule has 0 aliphatic rings. The average Bonchev–Trinajstić information content (AvgIpc) is 1.90. The quantitative estimate of drug-likeness (QED) is 0.564. The van der Waals surface area contributed by atoms with E-state index in [4.69, 9.17) is 0 Å². The number of nitrogens with zero attached hydrogens (tertiary/aromatic N) is 1. The van der Waals surface area contributed by atoms with Crippen LogP contribution in [0.5, 0.6) is 0 Å². The summed E-state index contributed by atoms with van der Waals surface area (Å²) in [6, 6.07) is 0. The highest BCUT2D eigenvalue weighted by molar-refractivity contribution is 6.61. The topological polar surface area (TPSA) is 3.24 Å². The first-order chi connectivity index (χ1) is 4.70. The van der Waals surface area contributed by atoms with Gasteiger partial charge in [0.15, 0.2) is 0 Å². The minimum absolute atomic E-state index is 0.172. The van der Waals surface area contributed by atoms with Gasteiger partial charge in [0.05, 0.1) is 8.80 Å². The van der Waals surface area contributed by atoms with Crippen molar-refractivity contribution in [3.8, 4) is 0 Å². The second-order valence-electron chi connectivity index (χ2n) is 2.61. The van der Waals surface area contributed by atoms with Crippen molar-refractivity contribution >= 4 is 8.80 Å². The van der Waals surface area contributed by atoms with Gasteiger partial charge in [0.2, 0.25) is 0 Å². The van der Waals surface area contributed by atoms with E-state index in [0.29, 0.717) is 0 Å². The highest BCUT2D eigenvalue weighted by Crippen LogP contribution is 1.90. The molecule has 0 atom stereocenters. The van der Waals surface area contributed by atoms with Crippen molar-refractivity contribution in [1.29, 1.82) is 0 Å². The lowest BCUT2D eigenvalue weighted by atomic mass is 10.5. The van der Waals surface area contributed by atoms with E-state index in [0.717, 1.165) is 13.1 Å². The van der Waals surface area contributed by atoms with Crippen molar-refractivity contribution in [1.82, 2.24) is 4.90 Å². The van der Waals surface area contributed by atoms with Gasteiger partial charge in [0.1, 0.15) is 0 Å². The van der Waals surface area contributed by atoms with E-state index >= 15 is 0 Å². The third-order valence-corrected chi connectivity index (χ3v) is 2.25. The van der Waals surface area contributed by atoms with Crippen LogP contribution in [0.4, 0.5) is 0 Å². The Morgan fingerprint density at radius 1 is 1.20 bits per heavy atom. The molecule has 0 unspecified atom stereocenters. The first-order valence-electron chi connectivity index (χ1n) is 3.93. The van der Waals surface area contributed by atoms with Gasteiger partial charge < -0.3 is 4.90 Å². The maximum absolute atomic E-state index is 2.33.